The first-order valence-electron chi connectivity index (χ1n) is 11.1. The topological polar surface area (TPSA) is 81.1 Å². The van der Waals surface area contributed by atoms with Crippen molar-refractivity contribution < 1.29 is 9.53 Å². The number of ether oxygens (including phenoxy) is 1. The largest absolute Gasteiger partial charge is 0.496 e. The van der Waals surface area contributed by atoms with Crippen LogP contribution < -0.4 is 15.4 Å². The molecule has 0 saturated heterocycles. The van der Waals surface area contributed by atoms with Crippen LogP contribution in [0.1, 0.15) is 43.0 Å². The summed E-state index contributed by atoms with van der Waals surface area (Å²) < 4.78 is 8.36. The van der Waals surface area contributed by atoms with Crippen LogP contribution in [0.15, 0.2) is 57.3 Å². The summed E-state index contributed by atoms with van der Waals surface area (Å²) in [7, 11) is 1.63. The van der Waals surface area contributed by atoms with Crippen molar-refractivity contribution in [2.75, 3.05) is 23.5 Å². The van der Waals surface area contributed by atoms with Gasteiger partial charge >= 0.3 is 0 Å². The van der Waals surface area contributed by atoms with Crippen molar-refractivity contribution >= 4 is 45.2 Å². The third-order valence-electron chi connectivity index (χ3n) is 5.63. The summed E-state index contributed by atoms with van der Waals surface area (Å²) in [5, 5.41) is 11.8. The predicted molar refractivity (Wildman–Crippen MR) is 141 cm³/mol. The van der Waals surface area contributed by atoms with Gasteiger partial charge in [-0.05, 0) is 57.0 Å². The molecule has 1 aliphatic rings. The summed E-state index contributed by atoms with van der Waals surface area (Å²) in [5.74, 6) is 1.99. The number of aryl methyl sites for hydroxylation is 2. The number of aromatic nitrogens is 3. The summed E-state index contributed by atoms with van der Waals surface area (Å²) in [6, 6.07) is 11.2. The molecule has 4 rings (SSSR count). The van der Waals surface area contributed by atoms with Gasteiger partial charge < -0.3 is 15.4 Å². The molecular weight excluding hydrogens is 514 g/mol. The van der Waals surface area contributed by atoms with Gasteiger partial charge in [0.05, 0.1) is 12.7 Å². The van der Waals surface area contributed by atoms with Gasteiger partial charge in [-0.3, -0.25) is 4.79 Å². The van der Waals surface area contributed by atoms with Gasteiger partial charge in [-0.25, -0.2) is 4.68 Å². The third-order valence-corrected chi connectivity index (χ3v) is 7.17. The zero-order valence-electron chi connectivity index (χ0n) is 19.9. The van der Waals surface area contributed by atoms with Gasteiger partial charge in [-0.2, -0.15) is 4.98 Å². The van der Waals surface area contributed by atoms with E-state index >= 15 is 0 Å². The van der Waals surface area contributed by atoms with E-state index in [-0.39, 0.29) is 5.91 Å². The number of nitrogens with one attached hydrogen (secondary N) is 2. The number of nitrogens with zero attached hydrogens (tertiary/aromatic N) is 3. The molecule has 2 aromatic carbocycles. The number of hydrogen-bond acceptors (Lipinski definition) is 6. The number of thioether (sulfide) groups is 1. The number of fused-ring (bicyclic) bond motifs is 1. The normalized spacial score (nSPS) is 15.1. The second kappa shape index (κ2) is 10.2. The van der Waals surface area contributed by atoms with Crippen molar-refractivity contribution in [3.8, 4) is 5.75 Å². The number of carbonyl (C=O) groups excluding carboxylic acids is 1. The number of rotatable bonds is 7. The van der Waals surface area contributed by atoms with E-state index in [0.717, 1.165) is 44.7 Å². The maximum absolute atomic E-state index is 13.7. The fourth-order valence-corrected chi connectivity index (χ4v) is 5.09. The molecule has 0 radical (unpaired) electrons. The van der Waals surface area contributed by atoms with Gasteiger partial charge in [0, 0.05) is 27.2 Å². The molecule has 1 amide bonds. The van der Waals surface area contributed by atoms with Crippen molar-refractivity contribution in [3.63, 3.8) is 0 Å². The maximum Gasteiger partial charge on any atom is 0.255 e. The van der Waals surface area contributed by atoms with E-state index in [0.29, 0.717) is 22.4 Å². The van der Waals surface area contributed by atoms with E-state index < -0.39 is 6.04 Å². The van der Waals surface area contributed by atoms with Crippen molar-refractivity contribution in [2.24, 2.45) is 0 Å². The number of benzene rings is 2. The van der Waals surface area contributed by atoms with Gasteiger partial charge in [-0.15, -0.1) is 5.10 Å². The zero-order chi connectivity index (χ0) is 24.4. The maximum atomic E-state index is 13.7. The Labute approximate surface area is 212 Å². The predicted octanol–water partition coefficient (Wildman–Crippen LogP) is 6.10. The molecule has 1 aliphatic heterocycles. The Morgan fingerprint density at radius 1 is 1.24 bits per heavy atom. The van der Waals surface area contributed by atoms with Crippen molar-refractivity contribution in [3.05, 3.63) is 68.8 Å². The van der Waals surface area contributed by atoms with Gasteiger partial charge in [0.25, 0.3) is 5.91 Å². The minimum Gasteiger partial charge on any atom is -0.496 e. The molecule has 178 valence electrons. The average Bonchev–Trinajstić information content (AvgIpc) is 3.20. The van der Waals surface area contributed by atoms with Crippen molar-refractivity contribution in [1.29, 1.82) is 0 Å². The van der Waals surface area contributed by atoms with Gasteiger partial charge in [0.1, 0.15) is 11.8 Å². The Balaban J connectivity index is 1.82. The number of methoxy groups -OCH3 is 1. The first-order valence-corrected chi connectivity index (χ1v) is 12.9. The molecule has 0 bridgehead atoms. The fraction of sp³-hybridized carbons (Fsp3) is 0.320. The molecular formula is C25H28BrN5O2S. The lowest BCUT2D eigenvalue weighted by Gasteiger charge is -2.29. The Morgan fingerprint density at radius 2 is 2.03 bits per heavy atom. The van der Waals surface area contributed by atoms with Crippen LogP contribution in [0, 0.1) is 13.8 Å². The summed E-state index contributed by atoms with van der Waals surface area (Å²) in [6.45, 7) is 8.04. The number of amides is 1. The molecule has 3 aromatic rings. The quantitative estimate of drug-likeness (QED) is 0.352. The second-order valence-electron chi connectivity index (χ2n) is 8.24. The Bertz CT molecular complexity index is 1270. The number of halogens is 1. The molecule has 0 spiro atoms. The molecule has 0 aliphatic carbocycles. The van der Waals surface area contributed by atoms with Crippen LogP contribution in [0.3, 0.4) is 0 Å². The van der Waals surface area contributed by atoms with Gasteiger partial charge in [-0.1, -0.05) is 52.3 Å². The van der Waals surface area contributed by atoms with Crippen LogP contribution >= 0.6 is 27.7 Å². The van der Waals surface area contributed by atoms with E-state index in [2.05, 4.69) is 44.5 Å². The summed E-state index contributed by atoms with van der Waals surface area (Å²) in [4.78, 5) is 18.4. The summed E-state index contributed by atoms with van der Waals surface area (Å²) in [5.41, 5.74) is 5.03. The lowest BCUT2D eigenvalue weighted by atomic mass is 9.94. The van der Waals surface area contributed by atoms with E-state index in [1.165, 1.54) is 0 Å². The lowest BCUT2D eigenvalue weighted by Crippen LogP contribution is -2.32. The summed E-state index contributed by atoms with van der Waals surface area (Å²) >= 11 is 5.17. The molecule has 0 saturated carbocycles. The standard InChI is InChI=1S/C25H28BrN5O2S/c1-6-11-34-25-29-24-27-16(4)21(23(32)28-19-9-7-14(2)12-15(19)3)22(31(24)30-25)18-13-17(26)8-10-20(18)33-5/h7-10,12-13,22H,6,11H2,1-5H3,(H,28,32)(H,27,29,30). The monoisotopic (exact) mass is 541 g/mol. The first kappa shape index (κ1) is 24.3. The molecule has 1 unspecified atom stereocenters. The molecule has 2 N–H and O–H groups in total. The highest BCUT2D eigenvalue weighted by atomic mass is 79.9. The highest BCUT2D eigenvalue weighted by Gasteiger charge is 2.36. The van der Waals surface area contributed by atoms with Crippen molar-refractivity contribution in [1.82, 2.24) is 14.8 Å². The fourth-order valence-electron chi connectivity index (χ4n) is 4.03. The van der Waals surface area contributed by atoms with Crippen LogP contribution in [0.5, 0.6) is 5.75 Å². The SMILES string of the molecule is CCCSc1nc2n(n1)C(c1cc(Br)ccc1OC)C(C(=O)Nc1ccc(C)cc1C)=C(C)N2. The van der Waals surface area contributed by atoms with E-state index in [1.807, 2.05) is 51.1 Å². The van der Waals surface area contributed by atoms with Crippen LogP contribution in [-0.4, -0.2) is 33.5 Å². The van der Waals surface area contributed by atoms with Crippen LogP contribution in [0.25, 0.3) is 0 Å². The van der Waals surface area contributed by atoms with E-state index in [9.17, 15) is 4.79 Å². The van der Waals surface area contributed by atoms with Crippen LogP contribution in [0.2, 0.25) is 0 Å². The number of anilines is 2. The Morgan fingerprint density at radius 3 is 2.74 bits per heavy atom. The van der Waals surface area contributed by atoms with Gasteiger partial charge in [0.2, 0.25) is 11.1 Å². The molecule has 34 heavy (non-hydrogen) atoms. The van der Waals surface area contributed by atoms with Crippen LogP contribution in [0.4, 0.5) is 11.6 Å². The average molecular weight is 543 g/mol. The highest BCUT2D eigenvalue weighted by Crippen LogP contribution is 2.41. The molecule has 9 heteroatoms. The Kier molecular flexibility index (Phi) is 7.33. The second-order valence-corrected chi connectivity index (χ2v) is 10.2. The minimum atomic E-state index is -0.516. The zero-order valence-corrected chi connectivity index (χ0v) is 22.3. The highest BCUT2D eigenvalue weighted by molar-refractivity contribution is 9.10. The lowest BCUT2D eigenvalue weighted by molar-refractivity contribution is -0.113. The summed E-state index contributed by atoms with van der Waals surface area (Å²) in [6.07, 6.45) is 1.02. The molecule has 0 fully saturated rings. The molecule has 7 nitrogen and oxygen atoms in total. The molecule has 1 atom stereocenters. The number of carbonyl (C=O) groups is 1. The third kappa shape index (κ3) is 4.86. The first-order chi connectivity index (χ1) is 16.3. The number of hydrogen-bond donors (Lipinski definition) is 2. The smallest absolute Gasteiger partial charge is 0.255 e. The number of allylic oxidation sites excluding steroid dienone is 1. The molecule has 2 heterocycles. The minimum absolute atomic E-state index is 0.201. The van der Waals surface area contributed by atoms with Crippen molar-refractivity contribution in [2.45, 2.75) is 45.3 Å². The van der Waals surface area contributed by atoms with E-state index in [4.69, 9.17) is 9.84 Å². The Hall–Kier alpha value is -2.78. The van der Waals surface area contributed by atoms with E-state index in [1.54, 1.807) is 23.6 Å². The van der Waals surface area contributed by atoms with Crippen LogP contribution in [-0.2, 0) is 4.79 Å². The molecule has 1 aromatic heterocycles. The van der Waals surface area contributed by atoms with Gasteiger partial charge in [0.15, 0.2) is 0 Å².